The number of amides is 1. The van der Waals surface area contributed by atoms with Crippen LogP contribution in [0.1, 0.15) is 24.2 Å². The summed E-state index contributed by atoms with van der Waals surface area (Å²) < 4.78 is 0. The number of hydrogen-bond acceptors (Lipinski definition) is 4. The van der Waals surface area contributed by atoms with Crippen molar-refractivity contribution in [3.63, 3.8) is 0 Å². The zero-order chi connectivity index (χ0) is 15.2. The molecule has 1 aromatic carbocycles. The predicted molar refractivity (Wildman–Crippen MR) is 95.5 cm³/mol. The van der Waals surface area contributed by atoms with Crippen LogP contribution < -0.4 is 5.73 Å². The molecule has 0 fully saturated rings. The number of aromatic nitrogens is 2. The van der Waals surface area contributed by atoms with Gasteiger partial charge in [-0.3, -0.25) is 14.8 Å². The quantitative estimate of drug-likeness (QED) is 0.893. The van der Waals surface area contributed by atoms with Crippen LogP contribution >= 0.6 is 24.8 Å². The topological polar surface area (TPSA) is 72.1 Å². The van der Waals surface area contributed by atoms with E-state index in [4.69, 9.17) is 5.73 Å². The lowest BCUT2D eigenvalue weighted by molar-refractivity contribution is -0.134. The van der Waals surface area contributed by atoms with Crippen molar-refractivity contribution in [2.24, 2.45) is 11.7 Å². The second-order valence-electron chi connectivity index (χ2n) is 5.12. The van der Waals surface area contributed by atoms with Gasteiger partial charge in [0.25, 0.3) is 0 Å². The molecule has 0 aliphatic carbocycles. The van der Waals surface area contributed by atoms with Gasteiger partial charge in [0, 0.05) is 25.5 Å². The lowest BCUT2D eigenvalue weighted by atomic mass is 9.94. The summed E-state index contributed by atoms with van der Waals surface area (Å²) in [6.07, 6.45) is 4.89. The largest absolute Gasteiger partial charge is 0.340 e. The molecule has 0 saturated heterocycles. The highest BCUT2D eigenvalue weighted by Crippen LogP contribution is 2.21. The highest BCUT2D eigenvalue weighted by molar-refractivity contribution is 5.85. The lowest BCUT2D eigenvalue weighted by Crippen LogP contribution is -2.36. The Hall–Kier alpha value is -1.69. The van der Waals surface area contributed by atoms with Gasteiger partial charge in [0.1, 0.15) is 0 Å². The fraction of sp³-hybridized carbons (Fsp3) is 0.312. The van der Waals surface area contributed by atoms with E-state index in [2.05, 4.69) is 9.97 Å². The van der Waals surface area contributed by atoms with Gasteiger partial charge in [-0.15, -0.1) is 24.8 Å². The van der Waals surface area contributed by atoms with Crippen LogP contribution in [0.5, 0.6) is 0 Å². The van der Waals surface area contributed by atoms with Gasteiger partial charge in [-0.1, -0.05) is 37.3 Å². The number of nitrogens with two attached hydrogens (primary N) is 1. The number of carbonyl (C=O) groups excluding carboxylic acids is 1. The maximum absolute atomic E-state index is 12.5. The number of nitrogens with zero attached hydrogens (tertiary/aromatic N) is 3. The molecule has 0 spiro atoms. The molecular weight excluding hydrogens is 335 g/mol. The summed E-state index contributed by atoms with van der Waals surface area (Å²) in [5.74, 6) is -0.300. The van der Waals surface area contributed by atoms with Crippen molar-refractivity contribution in [3.8, 4) is 0 Å². The van der Waals surface area contributed by atoms with Gasteiger partial charge < -0.3 is 10.6 Å². The molecule has 2 rings (SSSR count). The normalized spacial score (nSPS) is 12.3. The van der Waals surface area contributed by atoms with Crippen molar-refractivity contribution in [1.82, 2.24) is 14.9 Å². The summed E-state index contributed by atoms with van der Waals surface area (Å²) >= 11 is 0. The van der Waals surface area contributed by atoms with E-state index in [1.54, 1.807) is 30.5 Å². The van der Waals surface area contributed by atoms with E-state index < -0.39 is 0 Å². The van der Waals surface area contributed by atoms with Gasteiger partial charge in [0.2, 0.25) is 5.91 Å². The second-order valence-corrected chi connectivity index (χ2v) is 5.12. The molecule has 0 aliphatic heterocycles. The molecular formula is C16H22Cl2N4O. The van der Waals surface area contributed by atoms with Crippen molar-refractivity contribution in [3.05, 3.63) is 60.2 Å². The molecule has 7 heteroatoms. The molecule has 0 aliphatic rings. The van der Waals surface area contributed by atoms with Crippen molar-refractivity contribution >= 4 is 30.7 Å². The van der Waals surface area contributed by atoms with E-state index in [0.717, 1.165) is 11.3 Å². The molecule has 2 unspecified atom stereocenters. The van der Waals surface area contributed by atoms with Crippen LogP contribution in [0.2, 0.25) is 0 Å². The van der Waals surface area contributed by atoms with E-state index in [0.29, 0.717) is 6.54 Å². The maximum Gasteiger partial charge on any atom is 0.227 e. The van der Waals surface area contributed by atoms with Gasteiger partial charge >= 0.3 is 0 Å². The molecule has 23 heavy (non-hydrogen) atoms. The van der Waals surface area contributed by atoms with Crippen LogP contribution in [0.3, 0.4) is 0 Å². The standard InChI is InChI=1S/C16H20N4O.2ClH/c1-12(15(17)13-6-4-3-5-7-13)16(21)20(2)11-14-10-18-8-9-19-14;;/h3-10,12,15H,11,17H2,1-2H3;2*1H. The summed E-state index contributed by atoms with van der Waals surface area (Å²) in [5, 5.41) is 0. The van der Waals surface area contributed by atoms with Gasteiger partial charge in [-0.05, 0) is 5.56 Å². The molecule has 0 saturated carbocycles. The first kappa shape index (κ1) is 21.3. The minimum absolute atomic E-state index is 0. The average Bonchev–Trinajstić information content (AvgIpc) is 2.54. The zero-order valence-corrected chi connectivity index (χ0v) is 14.8. The summed E-state index contributed by atoms with van der Waals surface area (Å²) in [6.45, 7) is 2.28. The van der Waals surface area contributed by atoms with Crippen molar-refractivity contribution in [2.45, 2.75) is 19.5 Å². The number of benzene rings is 1. The van der Waals surface area contributed by atoms with E-state index in [9.17, 15) is 4.79 Å². The van der Waals surface area contributed by atoms with Crippen LogP contribution in [-0.2, 0) is 11.3 Å². The Balaban J connectivity index is 0.00000242. The van der Waals surface area contributed by atoms with E-state index in [-0.39, 0.29) is 42.7 Å². The van der Waals surface area contributed by atoms with Gasteiger partial charge in [0.15, 0.2) is 0 Å². The van der Waals surface area contributed by atoms with Gasteiger partial charge in [-0.2, -0.15) is 0 Å². The Bertz CT molecular complexity index is 583. The average molecular weight is 357 g/mol. The van der Waals surface area contributed by atoms with Crippen molar-refractivity contribution in [2.75, 3.05) is 7.05 Å². The zero-order valence-electron chi connectivity index (χ0n) is 13.1. The maximum atomic E-state index is 12.5. The first-order valence-corrected chi connectivity index (χ1v) is 6.90. The minimum Gasteiger partial charge on any atom is -0.340 e. The first-order chi connectivity index (χ1) is 10.1. The fourth-order valence-corrected chi connectivity index (χ4v) is 2.20. The van der Waals surface area contributed by atoms with E-state index in [1.807, 2.05) is 37.3 Å². The molecule has 5 nitrogen and oxygen atoms in total. The molecule has 1 aromatic heterocycles. The summed E-state index contributed by atoms with van der Waals surface area (Å²) in [4.78, 5) is 22.3. The Morgan fingerprint density at radius 1 is 1.22 bits per heavy atom. The van der Waals surface area contributed by atoms with Crippen LogP contribution in [0, 0.1) is 5.92 Å². The Labute approximate surface area is 149 Å². The SMILES string of the molecule is CC(C(=O)N(C)Cc1cnccn1)C(N)c1ccccc1.Cl.Cl. The number of carbonyl (C=O) groups is 1. The molecule has 0 bridgehead atoms. The molecule has 2 atom stereocenters. The molecule has 2 N–H and O–H groups in total. The highest BCUT2D eigenvalue weighted by Gasteiger charge is 2.25. The monoisotopic (exact) mass is 356 g/mol. The molecule has 0 radical (unpaired) electrons. The molecule has 1 amide bonds. The number of rotatable bonds is 5. The number of hydrogen-bond donors (Lipinski definition) is 1. The van der Waals surface area contributed by atoms with Crippen molar-refractivity contribution in [1.29, 1.82) is 0 Å². The third kappa shape index (κ3) is 5.78. The Morgan fingerprint density at radius 3 is 2.43 bits per heavy atom. The predicted octanol–water partition coefficient (Wildman–Crippen LogP) is 2.61. The van der Waals surface area contributed by atoms with Crippen LogP contribution in [-0.4, -0.2) is 27.8 Å². The Kier molecular flexibility index (Phi) is 9.41. The van der Waals surface area contributed by atoms with Crippen LogP contribution in [0.15, 0.2) is 48.9 Å². The summed E-state index contributed by atoms with van der Waals surface area (Å²) in [7, 11) is 1.76. The van der Waals surface area contributed by atoms with Crippen LogP contribution in [0.25, 0.3) is 0 Å². The third-order valence-corrected chi connectivity index (χ3v) is 3.50. The highest BCUT2D eigenvalue weighted by atomic mass is 35.5. The van der Waals surface area contributed by atoms with E-state index >= 15 is 0 Å². The molecule has 2 aromatic rings. The number of halogens is 2. The lowest BCUT2D eigenvalue weighted by Gasteiger charge is -2.25. The molecule has 1 heterocycles. The minimum atomic E-state index is -0.317. The summed E-state index contributed by atoms with van der Waals surface area (Å²) in [5.41, 5.74) is 7.92. The third-order valence-electron chi connectivity index (χ3n) is 3.50. The van der Waals surface area contributed by atoms with Gasteiger partial charge in [0.05, 0.1) is 24.4 Å². The summed E-state index contributed by atoms with van der Waals surface area (Å²) in [6, 6.07) is 9.35. The van der Waals surface area contributed by atoms with Crippen molar-refractivity contribution < 1.29 is 4.79 Å². The Morgan fingerprint density at radius 2 is 1.87 bits per heavy atom. The van der Waals surface area contributed by atoms with Gasteiger partial charge in [-0.25, -0.2) is 0 Å². The fourth-order valence-electron chi connectivity index (χ4n) is 2.20. The smallest absolute Gasteiger partial charge is 0.227 e. The van der Waals surface area contributed by atoms with Crippen LogP contribution in [0.4, 0.5) is 0 Å². The van der Waals surface area contributed by atoms with E-state index in [1.165, 1.54) is 0 Å². The first-order valence-electron chi connectivity index (χ1n) is 6.90. The second kappa shape index (κ2) is 10.2. The molecule has 126 valence electrons.